The van der Waals surface area contributed by atoms with Crippen LogP contribution in [-0.2, 0) is 4.74 Å². The largest absolute Gasteiger partial charge is 0.352 e. The average molecular weight is 292 g/mol. The van der Waals surface area contributed by atoms with E-state index in [1.807, 2.05) is 6.07 Å². The second-order valence-electron chi connectivity index (χ2n) is 6.31. The van der Waals surface area contributed by atoms with Crippen LogP contribution in [0, 0.1) is 36.2 Å². The zero-order valence-corrected chi connectivity index (χ0v) is 12.0. The fraction of sp³-hybridized carbons (Fsp3) is 0.750. The number of ether oxygens (including phenoxy) is 1. The van der Waals surface area contributed by atoms with E-state index in [0.717, 1.165) is 19.8 Å². The zero-order chi connectivity index (χ0) is 15.7. The molecule has 21 heavy (non-hydrogen) atoms. The first-order chi connectivity index (χ1) is 9.78. The molecule has 2 rings (SSSR count). The lowest BCUT2D eigenvalue weighted by atomic mass is 9.75. The molecule has 0 spiro atoms. The van der Waals surface area contributed by atoms with Gasteiger partial charge in [-0.2, -0.15) is 5.26 Å². The zero-order valence-electron chi connectivity index (χ0n) is 12.0. The summed E-state index contributed by atoms with van der Waals surface area (Å²) in [6, 6.07) is 1.97. The van der Waals surface area contributed by atoms with Crippen molar-refractivity contribution < 1.29 is 13.5 Å². The number of hydrogen-bond donors (Lipinski definition) is 0. The van der Waals surface area contributed by atoms with E-state index >= 15 is 0 Å². The molecule has 0 amide bonds. The second-order valence-corrected chi connectivity index (χ2v) is 6.31. The minimum Gasteiger partial charge on any atom is -0.352 e. The maximum absolute atomic E-state index is 13.0. The molecule has 0 bridgehead atoms. The van der Waals surface area contributed by atoms with Gasteiger partial charge in [-0.1, -0.05) is 5.92 Å². The molecule has 2 fully saturated rings. The van der Waals surface area contributed by atoms with Crippen LogP contribution in [0.2, 0.25) is 0 Å². The topological polar surface area (TPSA) is 40.7 Å². The number of hydrogen-bond acceptors (Lipinski definition) is 2. The summed E-state index contributed by atoms with van der Waals surface area (Å²) in [5.74, 6) is -0.0485. The quantitative estimate of drug-likeness (QED) is 0.441. The van der Waals surface area contributed by atoms with Crippen LogP contribution in [0.4, 0.5) is 8.78 Å². The number of nitrogens with zero attached hydrogens (tertiary/aromatic N) is 2. The van der Waals surface area contributed by atoms with Crippen molar-refractivity contribution in [2.75, 3.05) is 0 Å². The van der Waals surface area contributed by atoms with Crippen LogP contribution in [0.25, 0.3) is 4.85 Å². The van der Waals surface area contributed by atoms with Gasteiger partial charge in [-0.05, 0) is 32.1 Å². The van der Waals surface area contributed by atoms with E-state index in [0.29, 0.717) is 12.8 Å². The predicted molar refractivity (Wildman–Crippen MR) is 73.2 cm³/mol. The Morgan fingerprint density at radius 2 is 2.24 bits per heavy atom. The molecule has 0 aromatic carbocycles. The van der Waals surface area contributed by atoms with E-state index in [-0.39, 0.29) is 18.4 Å². The van der Waals surface area contributed by atoms with Crippen LogP contribution in [0.5, 0.6) is 0 Å². The standard InChI is InChI=1S/C16H18F2N2O/c1-4-16-6-5-12(9-13(16)21-16)10-15(11-19,20-3)8-7-14(2,17)18/h1,12-13H,5-10H2,2H3. The van der Waals surface area contributed by atoms with Gasteiger partial charge in [-0.25, -0.2) is 15.4 Å². The molecule has 1 heterocycles. The highest BCUT2D eigenvalue weighted by Crippen LogP contribution is 2.51. The van der Waals surface area contributed by atoms with Gasteiger partial charge in [0.2, 0.25) is 5.92 Å². The van der Waals surface area contributed by atoms with E-state index in [9.17, 15) is 14.0 Å². The lowest BCUT2D eigenvalue weighted by molar-refractivity contribution is 0.00743. The fourth-order valence-corrected chi connectivity index (χ4v) is 3.14. The van der Waals surface area contributed by atoms with Crippen LogP contribution in [0.15, 0.2) is 0 Å². The Morgan fingerprint density at radius 1 is 1.52 bits per heavy atom. The first kappa shape index (κ1) is 15.7. The van der Waals surface area contributed by atoms with Crippen molar-refractivity contribution >= 4 is 0 Å². The summed E-state index contributed by atoms with van der Waals surface area (Å²) < 4.78 is 31.6. The lowest BCUT2D eigenvalue weighted by Gasteiger charge is -2.25. The number of fused-ring (bicyclic) bond motifs is 1. The lowest BCUT2D eigenvalue weighted by Crippen LogP contribution is -2.32. The molecule has 1 aliphatic heterocycles. The maximum Gasteiger partial charge on any atom is 0.316 e. The van der Waals surface area contributed by atoms with Crippen LogP contribution < -0.4 is 0 Å². The molecule has 1 saturated carbocycles. The summed E-state index contributed by atoms with van der Waals surface area (Å²) in [7, 11) is 0. The molecule has 4 unspecified atom stereocenters. The molecule has 0 aromatic heterocycles. The highest BCUT2D eigenvalue weighted by Gasteiger charge is 2.59. The summed E-state index contributed by atoms with van der Waals surface area (Å²) in [5.41, 5.74) is -1.78. The fourth-order valence-electron chi connectivity index (χ4n) is 3.14. The van der Waals surface area contributed by atoms with Crippen LogP contribution in [-0.4, -0.2) is 23.2 Å². The van der Waals surface area contributed by atoms with Gasteiger partial charge in [0.05, 0.1) is 0 Å². The molecule has 1 aliphatic carbocycles. The Morgan fingerprint density at radius 3 is 2.71 bits per heavy atom. The number of terminal acetylenes is 1. The normalized spacial score (nSPS) is 33.7. The van der Waals surface area contributed by atoms with Gasteiger partial charge in [0.1, 0.15) is 6.10 Å². The Balaban J connectivity index is 1.97. The van der Waals surface area contributed by atoms with Crippen LogP contribution in [0.1, 0.15) is 45.4 Å². The van der Waals surface area contributed by atoms with Gasteiger partial charge in [-0.15, -0.1) is 6.42 Å². The average Bonchev–Trinajstić information content (AvgIpc) is 3.17. The Bertz CT molecular complexity index is 520. The Labute approximate surface area is 124 Å². The Hall–Kier alpha value is -1.64. The molecule has 5 heteroatoms. The van der Waals surface area contributed by atoms with Gasteiger partial charge in [-0.3, -0.25) is 4.85 Å². The van der Waals surface area contributed by atoms with E-state index in [4.69, 9.17) is 17.7 Å². The van der Waals surface area contributed by atoms with Gasteiger partial charge in [0, 0.05) is 19.3 Å². The third-order valence-electron chi connectivity index (χ3n) is 4.56. The summed E-state index contributed by atoms with van der Waals surface area (Å²) in [6.07, 6.45) is 7.45. The molecule has 3 nitrogen and oxygen atoms in total. The van der Waals surface area contributed by atoms with Crippen molar-refractivity contribution in [1.82, 2.24) is 0 Å². The predicted octanol–water partition coefficient (Wildman–Crippen LogP) is 3.56. The molecular formula is C16H18F2N2O. The highest BCUT2D eigenvalue weighted by atomic mass is 19.3. The summed E-state index contributed by atoms with van der Waals surface area (Å²) in [4.78, 5) is 3.39. The van der Waals surface area contributed by atoms with Gasteiger partial charge in [0.15, 0.2) is 11.7 Å². The maximum atomic E-state index is 13.0. The monoisotopic (exact) mass is 292 g/mol. The SMILES string of the molecule is [C-]#[N+]C(C#N)(CCC(C)(F)F)CC1CCC2(C#C)OC2C1. The van der Waals surface area contributed by atoms with Gasteiger partial charge >= 0.3 is 5.54 Å². The van der Waals surface area contributed by atoms with Crippen molar-refractivity contribution in [3.05, 3.63) is 11.4 Å². The van der Waals surface area contributed by atoms with Crippen molar-refractivity contribution in [2.45, 2.75) is 68.6 Å². The van der Waals surface area contributed by atoms with E-state index in [1.54, 1.807) is 0 Å². The number of nitriles is 1. The van der Waals surface area contributed by atoms with Crippen LogP contribution in [0.3, 0.4) is 0 Å². The summed E-state index contributed by atoms with van der Waals surface area (Å²) in [5, 5.41) is 9.30. The molecule has 0 aromatic rings. The van der Waals surface area contributed by atoms with Crippen molar-refractivity contribution in [3.63, 3.8) is 0 Å². The molecule has 0 radical (unpaired) electrons. The van der Waals surface area contributed by atoms with E-state index < -0.39 is 23.5 Å². The number of alkyl halides is 2. The summed E-state index contributed by atoms with van der Waals surface area (Å²) in [6.45, 7) is 8.08. The van der Waals surface area contributed by atoms with Crippen molar-refractivity contribution in [3.8, 4) is 18.4 Å². The third-order valence-corrected chi connectivity index (χ3v) is 4.56. The molecule has 2 aliphatic rings. The smallest absolute Gasteiger partial charge is 0.316 e. The molecular weight excluding hydrogens is 274 g/mol. The van der Waals surface area contributed by atoms with E-state index in [1.165, 1.54) is 0 Å². The molecule has 112 valence electrons. The van der Waals surface area contributed by atoms with Crippen molar-refractivity contribution in [1.29, 1.82) is 5.26 Å². The number of epoxide rings is 1. The highest BCUT2D eigenvalue weighted by molar-refractivity contribution is 5.25. The summed E-state index contributed by atoms with van der Waals surface area (Å²) >= 11 is 0. The number of halogens is 2. The third kappa shape index (κ3) is 3.34. The molecule has 0 N–H and O–H groups in total. The molecule has 4 atom stereocenters. The minimum atomic E-state index is -2.85. The Kier molecular flexibility index (Phi) is 3.96. The van der Waals surface area contributed by atoms with Gasteiger partial charge < -0.3 is 4.74 Å². The van der Waals surface area contributed by atoms with E-state index in [2.05, 4.69) is 10.8 Å². The first-order valence-electron chi connectivity index (χ1n) is 7.11. The van der Waals surface area contributed by atoms with Crippen LogP contribution >= 0.6 is 0 Å². The molecule has 1 saturated heterocycles. The second kappa shape index (κ2) is 5.28. The minimum absolute atomic E-state index is 0.0102. The number of rotatable bonds is 5. The van der Waals surface area contributed by atoms with Crippen molar-refractivity contribution in [2.24, 2.45) is 5.92 Å². The van der Waals surface area contributed by atoms with Gasteiger partial charge in [0.25, 0.3) is 0 Å². The first-order valence-corrected chi connectivity index (χ1v) is 7.11.